The van der Waals surface area contributed by atoms with Crippen molar-refractivity contribution in [1.82, 2.24) is 0 Å². The predicted octanol–water partition coefficient (Wildman–Crippen LogP) is 0.677. The second-order valence-electron chi connectivity index (χ2n) is 3.14. The van der Waals surface area contributed by atoms with Crippen LogP contribution >= 0.6 is 0 Å². The van der Waals surface area contributed by atoms with Gasteiger partial charge in [-0.2, -0.15) is 11.7 Å². The van der Waals surface area contributed by atoms with Gasteiger partial charge in [0.25, 0.3) is 0 Å². The Bertz CT molecular complexity index is 386. The van der Waals surface area contributed by atoms with E-state index in [1.54, 1.807) is 11.7 Å². The molecule has 0 bridgehead atoms. The van der Waals surface area contributed by atoms with E-state index in [-0.39, 0.29) is 21.2 Å². The maximum absolute atomic E-state index is 11.0. The van der Waals surface area contributed by atoms with Crippen LogP contribution in [0.1, 0.15) is 13.8 Å². The monoisotopic (exact) mass is 194 g/mol. The molecule has 0 N–H and O–H groups in total. The summed E-state index contributed by atoms with van der Waals surface area (Å²) < 4.78 is 0. The van der Waals surface area contributed by atoms with Crippen LogP contribution < -0.4 is 0 Å². The molecule has 0 aromatic heterocycles. The van der Waals surface area contributed by atoms with Crippen molar-refractivity contribution in [2.45, 2.75) is 13.8 Å². The normalized spacial score (nSPS) is 19.9. The van der Waals surface area contributed by atoms with Crippen LogP contribution in [-0.2, 0) is 4.94 Å². The third-order valence-corrected chi connectivity index (χ3v) is 1.91. The second kappa shape index (κ2) is 2.99. The lowest BCUT2D eigenvalue weighted by Crippen LogP contribution is -2.38. The molecular weight excluding hydrogens is 188 g/mol. The van der Waals surface area contributed by atoms with Crippen LogP contribution in [0.5, 0.6) is 0 Å². The molecule has 14 heavy (non-hydrogen) atoms. The molecule has 1 heterocycles. The number of hydrogen-bond acceptors (Lipinski definition) is 3. The summed E-state index contributed by atoms with van der Waals surface area (Å²) in [7, 11) is 0. The zero-order chi connectivity index (χ0) is 10.9. The fourth-order valence-corrected chi connectivity index (χ4v) is 1.08. The molecular formula is C7H6N4O3. The van der Waals surface area contributed by atoms with E-state index < -0.39 is 5.41 Å². The van der Waals surface area contributed by atoms with E-state index >= 15 is 0 Å². The van der Waals surface area contributed by atoms with Crippen LogP contribution in [0.3, 0.4) is 0 Å². The summed E-state index contributed by atoms with van der Waals surface area (Å²) in [5.41, 5.74) is -1.90. The Labute approximate surface area is 78.7 Å². The van der Waals surface area contributed by atoms with Crippen LogP contribution in [0.2, 0.25) is 0 Å². The minimum absolute atomic E-state index is 0.187. The van der Waals surface area contributed by atoms with Crippen molar-refractivity contribution in [3.63, 3.8) is 0 Å². The van der Waals surface area contributed by atoms with Gasteiger partial charge in [0.15, 0.2) is 5.41 Å². The lowest BCUT2D eigenvalue weighted by Gasteiger charge is -2.15. The van der Waals surface area contributed by atoms with Crippen LogP contribution in [0.15, 0.2) is 11.4 Å². The highest BCUT2D eigenvalue weighted by molar-refractivity contribution is 5.66. The van der Waals surface area contributed by atoms with Gasteiger partial charge in [0.05, 0.1) is 9.81 Å². The first-order chi connectivity index (χ1) is 6.45. The van der Waals surface area contributed by atoms with E-state index in [9.17, 15) is 9.81 Å². The Morgan fingerprint density at radius 1 is 1.14 bits per heavy atom. The van der Waals surface area contributed by atoms with E-state index in [2.05, 4.69) is 4.94 Å². The molecule has 72 valence electrons. The topological polar surface area (TPSA) is 94.0 Å². The standard InChI is InChI=1S/C7H6N4O3/c1-7(2)5(3-8)10(12)14-11(13)6(7)4-9/h1-2H3. The first-order valence-corrected chi connectivity index (χ1v) is 3.62. The molecule has 1 aliphatic heterocycles. The van der Waals surface area contributed by atoms with Gasteiger partial charge in [-0.25, -0.2) is 0 Å². The van der Waals surface area contributed by atoms with Crippen molar-refractivity contribution in [1.29, 1.82) is 0 Å². The lowest BCUT2D eigenvalue weighted by molar-refractivity contribution is -1.05. The quantitative estimate of drug-likeness (QED) is 0.530. The van der Waals surface area contributed by atoms with E-state index in [4.69, 9.17) is 10.8 Å². The molecule has 1 fully saturated rings. The molecule has 0 saturated carbocycles. The molecule has 7 heteroatoms. The van der Waals surface area contributed by atoms with Crippen molar-refractivity contribution < 1.29 is 14.8 Å². The summed E-state index contributed by atoms with van der Waals surface area (Å²) >= 11 is 0. The van der Waals surface area contributed by atoms with Crippen molar-refractivity contribution in [3.8, 4) is 0 Å². The Balaban J connectivity index is 3.44. The zero-order valence-electron chi connectivity index (χ0n) is 7.51. The maximum atomic E-state index is 11.0. The summed E-state index contributed by atoms with van der Waals surface area (Å²) in [5.74, 6) is 3.19. The minimum Gasteiger partial charge on any atom is -0.758 e. The Hall–Kier alpha value is -2.10. The highest BCUT2D eigenvalue weighted by atomic mass is 16.9. The summed E-state index contributed by atoms with van der Waals surface area (Å²) in [6.45, 7) is 2.84. The second-order valence-corrected chi connectivity index (χ2v) is 3.14. The van der Waals surface area contributed by atoms with E-state index in [1.807, 2.05) is 0 Å². The molecule has 0 atom stereocenters. The van der Waals surface area contributed by atoms with Gasteiger partial charge >= 0.3 is 21.2 Å². The molecule has 0 aromatic rings. The average molecular weight is 194 g/mol. The third-order valence-electron chi connectivity index (χ3n) is 1.91. The van der Waals surface area contributed by atoms with Gasteiger partial charge < -0.3 is 10.8 Å². The minimum atomic E-state index is -1.23. The first kappa shape index (κ1) is 9.98. The van der Waals surface area contributed by atoms with Crippen molar-refractivity contribution >= 4 is 11.7 Å². The molecule has 1 aliphatic rings. The van der Waals surface area contributed by atoms with Gasteiger partial charge in [-0.15, -0.1) is 0 Å². The van der Waals surface area contributed by atoms with Crippen LogP contribution in [0.4, 0.5) is 0 Å². The van der Waals surface area contributed by atoms with Gasteiger partial charge in [0.1, 0.15) is 4.94 Å². The maximum Gasteiger partial charge on any atom is 0.337 e. The molecule has 0 radical (unpaired) electrons. The fraction of sp³-hybridized carbons (Fsp3) is 0.429. The van der Waals surface area contributed by atoms with Crippen LogP contribution in [-0.4, -0.2) is 21.6 Å². The largest absolute Gasteiger partial charge is 0.758 e. The van der Waals surface area contributed by atoms with Crippen molar-refractivity contribution in [2.75, 3.05) is 0 Å². The Morgan fingerprint density at radius 3 is 1.79 bits per heavy atom. The Kier molecular flexibility index (Phi) is 2.13. The number of nitrogens with zero attached hydrogens (tertiary/aromatic N) is 4. The highest BCUT2D eigenvalue weighted by Crippen LogP contribution is 2.36. The number of hydrogen-bond donors (Lipinski definition) is 0. The molecule has 0 unspecified atom stereocenters. The van der Waals surface area contributed by atoms with E-state index in [1.165, 1.54) is 13.8 Å². The van der Waals surface area contributed by atoms with E-state index in [0.29, 0.717) is 0 Å². The third kappa shape index (κ3) is 1.17. The molecule has 0 aliphatic carbocycles. The van der Waals surface area contributed by atoms with E-state index in [0.717, 1.165) is 0 Å². The fourth-order valence-electron chi connectivity index (χ4n) is 1.08. The van der Waals surface area contributed by atoms with Gasteiger partial charge in [-0.05, 0) is 13.8 Å². The highest BCUT2D eigenvalue weighted by Gasteiger charge is 2.58. The molecule has 7 nitrogen and oxygen atoms in total. The van der Waals surface area contributed by atoms with Gasteiger partial charge in [0, 0.05) is 0 Å². The predicted molar refractivity (Wildman–Crippen MR) is 45.9 cm³/mol. The molecule has 1 saturated heterocycles. The number of rotatable bonds is 0. The average Bonchev–Trinajstić information content (AvgIpc) is 2.02. The van der Waals surface area contributed by atoms with Crippen molar-refractivity contribution in [3.05, 3.63) is 32.0 Å². The van der Waals surface area contributed by atoms with Gasteiger partial charge in [0.2, 0.25) is 0 Å². The zero-order valence-corrected chi connectivity index (χ0v) is 7.51. The lowest BCUT2D eigenvalue weighted by atomic mass is 9.86. The molecule has 1 rings (SSSR count). The molecule has 0 amide bonds. The van der Waals surface area contributed by atoms with Crippen molar-refractivity contribution in [2.24, 2.45) is 5.41 Å². The first-order valence-electron chi connectivity index (χ1n) is 3.62. The summed E-state index contributed by atoms with van der Waals surface area (Å²) in [4.78, 5) is 25.7. The molecule has 0 spiro atoms. The summed E-state index contributed by atoms with van der Waals surface area (Å²) in [6.07, 6.45) is 0. The summed E-state index contributed by atoms with van der Waals surface area (Å²) in [6, 6.07) is 0. The van der Waals surface area contributed by atoms with Crippen LogP contribution in [0.25, 0.3) is 10.8 Å². The smallest absolute Gasteiger partial charge is 0.337 e. The van der Waals surface area contributed by atoms with Gasteiger partial charge in [-0.1, -0.05) is 0 Å². The SMILES string of the molecule is CC1(C)C(=C=[N-])[N+](=O)O[N+](=O)C1=C=[N-]. The van der Waals surface area contributed by atoms with Gasteiger partial charge in [-0.3, -0.25) is 0 Å². The Morgan fingerprint density at radius 2 is 1.50 bits per heavy atom. The van der Waals surface area contributed by atoms with Crippen LogP contribution in [0, 0.1) is 15.2 Å². The molecule has 0 aromatic carbocycles. The summed E-state index contributed by atoms with van der Waals surface area (Å²) in [5, 5.41) is 17.3.